The van der Waals surface area contributed by atoms with Crippen molar-refractivity contribution in [3.8, 4) is 0 Å². The van der Waals surface area contributed by atoms with Crippen molar-refractivity contribution in [1.82, 2.24) is 0 Å². The maximum Gasteiger partial charge on any atom is 0.303 e. The Hall–Kier alpha value is -1.36. The van der Waals surface area contributed by atoms with Gasteiger partial charge < -0.3 is 10.4 Å². The van der Waals surface area contributed by atoms with E-state index in [-0.39, 0.29) is 18.7 Å². The number of hydrogen-bond acceptors (Lipinski definition) is 3. The predicted molar refractivity (Wildman–Crippen MR) is 59.3 cm³/mol. The van der Waals surface area contributed by atoms with Crippen molar-refractivity contribution in [2.75, 3.05) is 5.32 Å². The number of carbonyl (C=O) groups is 2. The van der Waals surface area contributed by atoms with E-state index in [4.69, 9.17) is 5.11 Å². The number of hydrogen-bond donors (Lipinski definition) is 2. The summed E-state index contributed by atoms with van der Waals surface area (Å²) in [5, 5.41) is 11.9. The molecule has 1 aromatic heterocycles. The highest BCUT2D eigenvalue weighted by Crippen LogP contribution is 2.25. The van der Waals surface area contributed by atoms with E-state index in [0.29, 0.717) is 0 Å². The Morgan fingerprint density at radius 1 is 1.40 bits per heavy atom. The number of thiophene rings is 1. The van der Waals surface area contributed by atoms with Crippen molar-refractivity contribution in [3.63, 3.8) is 0 Å². The van der Waals surface area contributed by atoms with E-state index in [1.807, 2.05) is 19.9 Å². The van der Waals surface area contributed by atoms with Crippen LogP contribution in [-0.2, 0) is 9.59 Å². The van der Waals surface area contributed by atoms with Crippen LogP contribution in [0, 0.1) is 13.8 Å². The van der Waals surface area contributed by atoms with Gasteiger partial charge in [-0.3, -0.25) is 9.59 Å². The summed E-state index contributed by atoms with van der Waals surface area (Å²) in [6.45, 7) is 3.95. The molecule has 0 atom stereocenters. The Kier molecular flexibility index (Phi) is 3.85. The lowest BCUT2D eigenvalue weighted by Crippen LogP contribution is -2.12. The lowest BCUT2D eigenvalue weighted by Gasteiger charge is -1.99. The van der Waals surface area contributed by atoms with Gasteiger partial charge in [-0.05, 0) is 25.5 Å². The summed E-state index contributed by atoms with van der Waals surface area (Å²) < 4.78 is 0. The highest BCUT2D eigenvalue weighted by atomic mass is 32.1. The Morgan fingerprint density at radius 2 is 2.07 bits per heavy atom. The maximum atomic E-state index is 11.3. The second kappa shape index (κ2) is 4.93. The standard InChI is InChI=1S/C10H13NO3S/c1-6-5-9(15-7(6)2)11-8(12)3-4-10(13)14/h5H,3-4H2,1-2H3,(H,11,12)(H,13,14). The zero-order valence-electron chi connectivity index (χ0n) is 8.66. The summed E-state index contributed by atoms with van der Waals surface area (Å²) in [7, 11) is 0. The fourth-order valence-electron chi connectivity index (χ4n) is 1.06. The predicted octanol–water partition coefficient (Wildman–Crippen LogP) is 2.17. The second-order valence-electron chi connectivity index (χ2n) is 3.29. The normalized spacial score (nSPS) is 10.0. The van der Waals surface area contributed by atoms with Crippen LogP contribution < -0.4 is 5.32 Å². The number of carboxylic acid groups (broad SMARTS) is 1. The molecular weight excluding hydrogens is 214 g/mol. The van der Waals surface area contributed by atoms with Gasteiger partial charge in [-0.1, -0.05) is 0 Å². The van der Waals surface area contributed by atoms with Crippen LogP contribution in [0.1, 0.15) is 23.3 Å². The monoisotopic (exact) mass is 227 g/mol. The topological polar surface area (TPSA) is 66.4 Å². The van der Waals surface area contributed by atoms with Gasteiger partial charge in [-0.25, -0.2) is 0 Å². The number of anilines is 1. The first-order valence-electron chi connectivity index (χ1n) is 4.57. The van der Waals surface area contributed by atoms with Gasteiger partial charge >= 0.3 is 5.97 Å². The quantitative estimate of drug-likeness (QED) is 0.828. The number of aliphatic carboxylic acids is 1. The third kappa shape index (κ3) is 3.71. The highest BCUT2D eigenvalue weighted by Gasteiger charge is 2.07. The first-order valence-corrected chi connectivity index (χ1v) is 5.39. The molecule has 0 radical (unpaired) electrons. The fourth-order valence-corrected chi connectivity index (χ4v) is 2.01. The summed E-state index contributed by atoms with van der Waals surface area (Å²) in [5.74, 6) is -1.21. The van der Waals surface area contributed by atoms with E-state index in [0.717, 1.165) is 15.4 Å². The minimum Gasteiger partial charge on any atom is -0.481 e. The molecular formula is C10H13NO3S. The van der Waals surface area contributed by atoms with Crippen LogP contribution in [-0.4, -0.2) is 17.0 Å². The van der Waals surface area contributed by atoms with Gasteiger partial charge in [0.2, 0.25) is 5.91 Å². The lowest BCUT2D eigenvalue weighted by atomic mass is 10.3. The summed E-state index contributed by atoms with van der Waals surface area (Å²) in [5.41, 5.74) is 1.13. The molecule has 0 fully saturated rings. The fraction of sp³-hybridized carbons (Fsp3) is 0.400. The molecule has 0 bridgehead atoms. The number of amides is 1. The van der Waals surface area contributed by atoms with Crippen LogP contribution in [0.4, 0.5) is 5.00 Å². The first kappa shape index (κ1) is 11.7. The Bertz CT molecular complexity index is 365. The van der Waals surface area contributed by atoms with E-state index < -0.39 is 5.97 Å². The SMILES string of the molecule is Cc1cc(NC(=O)CCC(=O)O)sc1C. The van der Waals surface area contributed by atoms with Gasteiger partial charge in [-0.15, -0.1) is 11.3 Å². The molecule has 0 aromatic carbocycles. The van der Waals surface area contributed by atoms with Gasteiger partial charge in [0.05, 0.1) is 11.4 Å². The minimum absolute atomic E-state index is 0.0192. The molecule has 5 heteroatoms. The van der Waals surface area contributed by atoms with Crippen LogP contribution >= 0.6 is 11.3 Å². The molecule has 1 amide bonds. The average molecular weight is 227 g/mol. The van der Waals surface area contributed by atoms with Crippen LogP contribution in [0.2, 0.25) is 0 Å². The van der Waals surface area contributed by atoms with Crippen molar-refractivity contribution in [1.29, 1.82) is 0 Å². The molecule has 2 N–H and O–H groups in total. The summed E-state index contributed by atoms with van der Waals surface area (Å²) in [6, 6.07) is 1.89. The number of nitrogens with one attached hydrogen (secondary N) is 1. The molecule has 0 unspecified atom stereocenters. The number of aryl methyl sites for hydroxylation is 2. The molecule has 1 aromatic rings. The third-order valence-electron chi connectivity index (χ3n) is 1.99. The third-order valence-corrected chi connectivity index (χ3v) is 3.06. The van der Waals surface area contributed by atoms with E-state index in [2.05, 4.69) is 5.32 Å². The largest absolute Gasteiger partial charge is 0.481 e. The highest BCUT2D eigenvalue weighted by molar-refractivity contribution is 7.16. The van der Waals surface area contributed by atoms with Crippen LogP contribution in [0.5, 0.6) is 0 Å². The van der Waals surface area contributed by atoms with Gasteiger partial charge in [0.1, 0.15) is 0 Å². The van der Waals surface area contributed by atoms with Crippen molar-refractivity contribution in [2.45, 2.75) is 26.7 Å². The van der Waals surface area contributed by atoms with Gasteiger partial charge in [-0.2, -0.15) is 0 Å². The van der Waals surface area contributed by atoms with Crippen molar-refractivity contribution in [2.24, 2.45) is 0 Å². The molecule has 0 aliphatic heterocycles. The minimum atomic E-state index is -0.955. The first-order chi connectivity index (χ1) is 6.99. The van der Waals surface area contributed by atoms with Gasteiger partial charge in [0.25, 0.3) is 0 Å². The molecule has 15 heavy (non-hydrogen) atoms. The molecule has 0 spiro atoms. The number of carboxylic acids is 1. The van der Waals surface area contributed by atoms with E-state index in [1.54, 1.807) is 0 Å². The zero-order valence-corrected chi connectivity index (χ0v) is 9.48. The zero-order chi connectivity index (χ0) is 11.4. The lowest BCUT2D eigenvalue weighted by molar-refractivity contribution is -0.138. The Morgan fingerprint density at radius 3 is 2.53 bits per heavy atom. The molecule has 0 saturated carbocycles. The van der Waals surface area contributed by atoms with E-state index in [9.17, 15) is 9.59 Å². The van der Waals surface area contributed by atoms with Gasteiger partial charge in [0, 0.05) is 11.3 Å². The molecule has 82 valence electrons. The molecule has 0 aliphatic rings. The van der Waals surface area contributed by atoms with Crippen LogP contribution in [0.25, 0.3) is 0 Å². The molecule has 1 rings (SSSR count). The maximum absolute atomic E-state index is 11.3. The summed E-state index contributed by atoms with van der Waals surface area (Å²) in [6.07, 6.45) is -0.111. The number of rotatable bonds is 4. The smallest absolute Gasteiger partial charge is 0.303 e. The molecule has 4 nitrogen and oxygen atoms in total. The number of carbonyl (C=O) groups excluding carboxylic acids is 1. The van der Waals surface area contributed by atoms with Crippen molar-refractivity contribution < 1.29 is 14.7 Å². The van der Waals surface area contributed by atoms with Crippen LogP contribution in [0.3, 0.4) is 0 Å². The molecule has 0 saturated heterocycles. The van der Waals surface area contributed by atoms with E-state index >= 15 is 0 Å². The van der Waals surface area contributed by atoms with Gasteiger partial charge in [0.15, 0.2) is 0 Å². The summed E-state index contributed by atoms with van der Waals surface area (Å²) >= 11 is 1.50. The van der Waals surface area contributed by atoms with E-state index in [1.165, 1.54) is 11.3 Å². The Balaban J connectivity index is 2.48. The van der Waals surface area contributed by atoms with Crippen molar-refractivity contribution >= 4 is 28.2 Å². The van der Waals surface area contributed by atoms with Crippen molar-refractivity contribution in [3.05, 3.63) is 16.5 Å². The summed E-state index contributed by atoms with van der Waals surface area (Å²) in [4.78, 5) is 22.7. The Labute approximate surface area is 91.9 Å². The average Bonchev–Trinajstić information content (AvgIpc) is 2.42. The second-order valence-corrected chi connectivity index (χ2v) is 4.55. The molecule has 1 heterocycles. The van der Waals surface area contributed by atoms with Crippen LogP contribution in [0.15, 0.2) is 6.07 Å². The molecule has 0 aliphatic carbocycles.